The number of nitrogens with zero attached hydrogens (tertiary/aromatic N) is 1. The molecule has 0 amide bonds. The third-order valence-corrected chi connectivity index (χ3v) is 23.5. The van der Waals surface area contributed by atoms with Gasteiger partial charge in [0.05, 0.1) is 10.4 Å². The fourth-order valence-corrected chi connectivity index (χ4v) is 18.3. The standard InChI is InChI=1S/C79H86BNS/c1-49-42-61-55(34-31-52-30-32-53(74(2,3)4)45-59(52)51-22-15-14-16-23-51)60-47-64-65(77(10,11)41-40-76(64,8)9)48-67(60)80-66-37-29-50(28-36-62-58-35-33-54(75(5,6)7)46-63(58)79(13)39-20-19-38-78(62,79)12)44-69(66)81(70(43-49)72(61)80)68-26-21-25-57-56-24-17-18-27-71(56)82-73(57)68/h14-18,21-27,29-30,32-33,35,37,42-48,55,62H,19-20,28,31,34,36,38-41H2,1-13H3. The van der Waals surface area contributed by atoms with Gasteiger partial charge in [-0.05, 0) is 204 Å². The molecule has 0 saturated heterocycles. The van der Waals surface area contributed by atoms with E-state index in [1.54, 1.807) is 27.8 Å². The van der Waals surface area contributed by atoms with Crippen LogP contribution in [-0.4, -0.2) is 6.71 Å². The average molecular weight is 1090 g/mol. The lowest BCUT2D eigenvalue weighted by Gasteiger charge is -2.49. The Morgan fingerprint density at radius 2 is 1.23 bits per heavy atom. The van der Waals surface area contributed by atoms with Gasteiger partial charge in [0.15, 0.2) is 0 Å². The molecule has 1 fully saturated rings. The first-order valence-electron chi connectivity index (χ1n) is 31.5. The lowest BCUT2D eigenvalue weighted by molar-refractivity contribution is 0.0763. The number of fused-ring (bicyclic) bond motifs is 11. The summed E-state index contributed by atoms with van der Waals surface area (Å²) in [5.41, 5.74) is 28.6. The van der Waals surface area contributed by atoms with Gasteiger partial charge in [0.1, 0.15) is 0 Å². The van der Waals surface area contributed by atoms with E-state index in [9.17, 15) is 0 Å². The Balaban J connectivity index is 0.961. The van der Waals surface area contributed by atoms with Gasteiger partial charge in [-0.2, -0.15) is 0 Å². The lowest BCUT2D eigenvalue weighted by Crippen LogP contribution is -2.62. The number of rotatable bonds is 8. The average Bonchev–Trinajstić information content (AvgIpc) is 1.94. The van der Waals surface area contributed by atoms with Gasteiger partial charge in [-0.1, -0.05) is 229 Å². The van der Waals surface area contributed by atoms with E-state index in [0.717, 1.165) is 25.7 Å². The number of anilines is 3. The molecule has 1 nitrogen and oxygen atoms in total. The van der Waals surface area contributed by atoms with E-state index in [4.69, 9.17) is 0 Å². The maximum atomic E-state index is 2.77. The van der Waals surface area contributed by atoms with Gasteiger partial charge >= 0.3 is 0 Å². The maximum Gasteiger partial charge on any atom is 0.247 e. The summed E-state index contributed by atoms with van der Waals surface area (Å²) in [5, 5.41) is 2.70. The Kier molecular flexibility index (Phi) is 12.4. The molecule has 14 rings (SSSR count). The van der Waals surface area contributed by atoms with E-state index < -0.39 is 0 Å². The van der Waals surface area contributed by atoms with E-state index in [-0.39, 0.29) is 45.1 Å². The topological polar surface area (TPSA) is 3.24 Å². The first kappa shape index (κ1) is 53.8. The van der Waals surface area contributed by atoms with Crippen molar-refractivity contribution in [3.05, 3.63) is 213 Å². The van der Waals surface area contributed by atoms with Crippen LogP contribution in [0.1, 0.15) is 207 Å². The zero-order valence-electron chi connectivity index (χ0n) is 51.6. The molecule has 0 bridgehead atoms. The Morgan fingerprint density at radius 1 is 0.537 bits per heavy atom. The van der Waals surface area contributed by atoms with Gasteiger partial charge in [0.25, 0.3) is 0 Å². The van der Waals surface area contributed by atoms with Crippen LogP contribution in [0.4, 0.5) is 17.1 Å². The normalized spacial score (nSPS) is 22.1. The first-order valence-corrected chi connectivity index (χ1v) is 32.4. The van der Waals surface area contributed by atoms with Gasteiger partial charge < -0.3 is 4.90 Å². The minimum Gasteiger partial charge on any atom is -0.310 e. The van der Waals surface area contributed by atoms with Gasteiger partial charge in [-0.25, -0.2) is 0 Å². The van der Waals surface area contributed by atoms with Crippen molar-refractivity contribution in [3.63, 3.8) is 0 Å². The molecule has 2 aliphatic heterocycles. The summed E-state index contributed by atoms with van der Waals surface area (Å²) in [7, 11) is 0. The molecule has 5 aliphatic rings. The third kappa shape index (κ3) is 8.33. The Bertz CT molecular complexity index is 4040. The second-order valence-electron chi connectivity index (χ2n) is 30.2. The van der Waals surface area contributed by atoms with E-state index >= 15 is 0 Å². The summed E-state index contributed by atoms with van der Waals surface area (Å²) >= 11 is 1.97. The molecule has 9 aromatic rings. The Labute approximate surface area is 496 Å². The van der Waals surface area contributed by atoms with Gasteiger partial charge in [-0.3, -0.25) is 0 Å². The van der Waals surface area contributed by atoms with Crippen molar-refractivity contribution in [1.29, 1.82) is 0 Å². The van der Waals surface area contributed by atoms with Gasteiger partial charge in [0.2, 0.25) is 6.71 Å². The van der Waals surface area contributed by atoms with Gasteiger partial charge in [0, 0.05) is 32.8 Å². The van der Waals surface area contributed by atoms with Crippen molar-refractivity contribution < 1.29 is 0 Å². The fourth-order valence-electron chi connectivity index (χ4n) is 17.1. The van der Waals surface area contributed by atoms with Crippen LogP contribution in [0.25, 0.3) is 31.3 Å². The largest absolute Gasteiger partial charge is 0.310 e. The highest BCUT2D eigenvalue weighted by Crippen LogP contribution is 2.66. The molecular weight excluding hydrogens is 1010 g/mol. The molecule has 3 heteroatoms. The second kappa shape index (κ2) is 18.9. The molecule has 0 N–H and O–H groups in total. The van der Waals surface area contributed by atoms with Crippen molar-refractivity contribution in [3.8, 4) is 11.1 Å². The van der Waals surface area contributed by atoms with Crippen molar-refractivity contribution in [2.75, 3.05) is 4.90 Å². The maximum absolute atomic E-state index is 2.77. The molecule has 0 spiro atoms. The minimum atomic E-state index is 0.0527. The molecule has 1 aromatic heterocycles. The molecule has 3 heterocycles. The van der Waals surface area contributed by atoms with Crippen LogP contribution in [0, 0.1) is 12.3 Å². The molecule has 82 heavy (non-hydrogen) atoms. The smallest absolute Gasteiger partial charge is 0.247 e. The van der Waals surface area contributed by atoms with Crippen LogP contribution in [-0.2, 0) is 39.9 Å². The first-order chi connectivity index (χ1) is 39.0. The summed E-state index contributed by atoms with van der Waals surface area (Å²) < 4.78 is 2.72. The van der Waals surface area contributed by atoms with E-state index in [0.29, 0.717) is 5.92 Å². The fraction of sp³-hybridized carbons (Fsp3) is 0.392. The number of hydrogen-bond acceptors (Lipinski definition) is 2. The molecule has 0 radical (unpaired) electrons. The van der Waals surface area contributed by atoms with Crippen LogP contribution in [0.5, 0.6) is 0 Å². The summed E-state index contributed by atoms with van der Waals surface area (Å²) in [6.07, 6.45) is 11.9. The predicted molar refractivity (Wildman–Crippen MR) is 356 cm³/mol. The van der Waals surface area contributed by atoms with Crippen LogP contribution < -0.4 is 21.3 Å². The SMILES string of the molecule is Cc1cc2c3c(c1)N(c1cccc4c1sc1ccccc14)c1cc(CCC4c5ccc(C(C)(C)C)cc5C5(C)CCCCC45C)ccc1B3c1cc3c(cc1C2CCc1ccc(C(C)(C)C)cc1-c1ccccc1)C(C)(C)CCC3(C)C. The highest BCUT2D eigenvalue weighted by atomic mass is 32.1. The molecule has 4 atom stereocenters. The molecule has 3 aliphatic carbocycles. The van der Waals surface area contributed by atoms with Crippen LogP contribution >= 0.6 is 11.3 Å². The monoisotopic (exact) mass is 1090 g/mol. The second-order valence-corrected chi connectivity index (χ2v) is 31.2. The summed E-state index contributed by atoms with van der Waals surface area (Å²) in [5.74, 6) is 0.744. The highest BCUT2D eigenvalue weighted by molar-refractivity contribution is 7.26. The van der Waals surface area contributed by atoms with Crippen molar-refractivity contribution in [1.82, 2.24) is 0 Å². The zero-order valence-corrected chi connectivity index (χ0v) is 52.4. The molecule has 1 saturated carbocycles. The van der Waals surface area contributed by atoms with Gasteiger partial charge in [-0.15, -0.1) is 11.3 Å². The minimum absolute atomic E-state index is 0.0527. The molecular formula is C79H86BNS. The Morgan fingerprint density at radius 3 is 2.00 bits per heavy atom. The number of hydrogen-bond donors (Lipinski definition) is 0. The van der Waals surface area contributed by atoms with E-state index in [1.807, 2.05) is 11.3 Å². The number of aryl methyl sites for hydroxylation is 3. The Hall–Kier alpha value is -6.16. The quantitative estimate of drug-likeness (QED) is 0.137. The summed E-state index contributed by atoms with van der Waals surface area (Å²) in [6.45, 7) is 32.1. The van der Waals surface area contributed by atoms with Crippen molar-refractivity contribution in [2.24, 2.45) is 5.41 Å². The lowest BCUT2D eigenvalue weighted by atomic mass is 9.30. The van der Waals surface area contributed by atoms with Crippen molar-refractivity contribution in [2.45, 2.75) is 193 Å². The zero-order chi connectivity index (χ0) is 57.0. The molecule has 4 unspecified atom stereocenters. The number of thiophene rings is 1. The van der Waals surface area contributed by atoms with Crippen LogP contribution in [0.15, 0.2) is 152 Å². The number of benzene rings is 8. The van der Waals surface area contributed by atoms with Crippen molar-refractivity contribution >= 4 is 71.7 Å². The van der Waals surface area contributed by atoms with E-state index in [2.05, 4.69) is 247 Å². The van der Waals surface area contributed by atoms with Crippen LogP contribution in [0.2, 0.25) is 0 Å². The third-order valence-electron chi connectivity index (χ3n) is 22.3. The summed E-state index contributed by atoms with van der Waals surface area (Å²) in [4.78, 5) is 2.77. The predicted octanol–water partition coefficient (Wildman–Crippen LogP) is 19.9. The highest BCUT2D eigenvalue weighted by Gasteiger charge is 2.58. The van der Waals surface area contributed by atoms with E-state index in [1.165, 1.54) is 137 Å². The molecule has 8 aromatic carbocycles. The summed E-state index contributed by atoms with van der Waals surface area (Å²) in [6, 6.07) is 61.1. The van der Waals surface area contributed by atoms with Crippen LogP contribution in [0.3, 0.4) is 0 Å². The molecule has 416 valence electrons.